The average Bonchev–Trinajstić information content (AvgIpc) is 2.40. The summed E-state index contributed by atoms with van der Waals surface area (Å²) in [5.74, 6) is 0.676. The lowest BCUT2D eigenvalue weighted by Gasteiger charge is -2.10. The Morgan fingerprint density at radius 1 is 0.952 bits per heavy atom. The van der Waals surface area contributed by atoms with Crippen molar-refractivity contribution >= 4 is 38.4 Å². The number of hydrogen-bond donors (Lipinski definition) is 0. The van der Waals surface area contributed by atoms with E-state index in [0.717, 1.165) is 32.1 Å². The molecule has 0 radical (unpaired) electrons. The molecule has 1 aromatic heterocycles. The quantitative estimate of drug-likeness (QED) is 0.524. The minimum Gasteiger partial charge on any atom is -0.228 e. The van der Waals surface area contributed by atoms with Crippen LogP contribution in [0.1, 0.15) is 16.7 Å². The minimum absolute atomic E-state index is 0.486. The van der Waals surface area contributed by atoms with Crippen LogP contribution >= 0.6 is 27.5 Å². The third-order valence-electron chi connectivity index (χ3n) is 3.53. The van der Waals surface area contributed by atoms with Crippen molar-refractivity contribution in [3.63, 3.8) is 0 Å². The van der Waals surface area contributed by atoms with Crippen LogP contribution < -0.4 is 0 Å². The molecule has 0 aliphatic heterocycles. The zero-order valence-corrected chi connectivity index (χ0v) is 14.4. The molecule has 0 aliphatic rings. The highest BCUT2D eigenvalue weighted by atomic mass is 79.9. The SMILES string of the molecule is Cc1ccc(-c2nc(Cl)c3cc(Br)cc(C)c3n2)c(C)c1. The molecular formula is C17H14BrClN2. The molecule has 2 aromatic carbocycles. The van der Waals surface area contributed by atoms with Crippen molar-refractivity contribution in [2.45, 2.75) is 20.8 Å². The fourth-order valence-corrected chi connectivity index (χ4v) is 3.31. The highest BCUT2D eigenvalue weighted by Gasteiger charge is 2.12. The Morgan fingerprint density at radius 2 is 1.71 bits per heavy atom. The summed E-state index contributed by atoms with van der Waals surface area (Å²) < 4.78 is 0.984. The van der Waals surface area contributed by atoms with Crippen molar-refractivity contribution in [3.05, 3.63) is 56.6 Å². The van der Waals surface area contributed by atoms with Crippen molar-refractivity contribution in [2.24, 2.45) is 0 Å². The fourth-order valence-electron chi connectivity index (χ4n) is 2.51. The number of aromatic nitrogens is 2. The Kier molecular flexibility index (Phi) is 3.72. The van der Waals surface area contributed by atoms with E-state index in [-0.39, 0.29) is 0 Å². The van der Waals surface area contributed by atoms with Crippen LogP contribution in [0.2, 0.25) is 5.15 Å². The van der Waals surface area contributed by atoms with Gasteiger partial charge in [-0.05, 0) is 44.0 Å². The predicted octanol–water partition coefficient (Wildman–Crippen LogP) is 5.64. The first-order valence-electron chi connectivity index (χ1n) is 6.67. The topological polar surface area (TPSA) is 25.8 Å². The number of rotatable bonds is 1. The van der Waals surface area contributed by atoms with Gasteiger partial charge in [0.05, 0.1) is 5.52 Å². The first kappa shape index (κ1) is 14.5. The van der Waals surface area contributed by atoms with Crippen LogP contribution in [0.4, 0.5) is 0 Å². The monoisotopic (exact) mass is 360 g/mol. The normalized spacial score (nSPS) is 11.1. The summed E-state index contributed by atoms with van der Waals surface area (Å²) in [4.78, 5) is 9.20. The van der Waals surface area contributed by atoms with Gasteiger partial charge in [-0.3, -0.25) is 0 Å². The second kappa shape index (κ2) is 5.39. The highest BCUT2D eigenvalue weighted by Crippen LogP contribution is 2.30. The van der Waals surface area contributed by atoms with E-state index in [4.69, 9.17) is 16.6 Å². The van der Waals surface area contributed by atoms with Gasteiger partial charge in [0.25, 0.3) is 0 Å². The first-order chi connectivity index (χ1) is 9.95. The van der Waals surface area contributed by atoms with Gasteiger partial charge in [-0.25, -0.2) is 9.97 Å². The molecule has 0 N–H and O–H groups in total. The van der Waals surface area contributed by atoms with Crippen molar-refractivity contribution < 1.29 is 0 Å². The van der Waals surface area contributed by atoms with Crippen molar-refractivity contribution in [3.8, 4) is 11.4 Å². The van der Waals surface area contributed by atoms with Crippen LogP contribution in [0.15, 0.2) is 34.8 Å². The maximum Gasteiger partial charge on any atom is 0.161 e. The molecular weight excluding hydrogens is 348 g/mol. The summed E-state index contributed by atoms with van der Waals surface area (Å²) in [6.45, 7) is 6.17. The zero-order chi connectivity index (χ0) is 15.1. The molecule has 0 spiro atoms. The third kappa shape index (κ3) is 2.68. The summed E-state index contributed by atoms with van der Waals surface area (Å²) in [7, 11) is 0. The Labute approximate surface area is 137 Å². The second-order valence-electron chi connectivity index (χ2n) is 5.28. The fraction of sp³-hybridized carbons (Fsp3) is 0.176. The van der Waals surface area contributed by atoms with Crippen LogP contribution in [0.3, 0.4) is 0 Å². The zero-order valence-electron chi connectivity index (χ0n) is 12.0. The van der Waals surface area contributed by atoms with E-state index in [0.29, 0.717) is 11.0 Å². The van der Waals surface area contributed by atoms with Crippen LogP contribution in [-0.4, -0.2) is 9.97 Å². The predicted molar refractivity (Wildman–Crippen MR) is 91.9 cm³/mol. The number of benzene rings is 2. The van der Waals surface area contributed by atoms with E-state index in [1.807, 2.05) is 19.1 Å². The van der Waals surface area contributed by atoms with Gasteiger partial charge in [-0.15, -0.1) is 0 Å². The van der Waals surface area contributed by atoms with Gasteiger partial charge in [0.15, 0.2) is 5.82 Å². The maximum absolute atomic E-state index is 6.37. The van der Waals surface area contributed by atoms with Crippen LogP contribution in [0.25, 0.3) is 22.3 Å². The summed E-state index contributed by atoms with van der Waals surface area (Å²) in [5.41, 5.74) is 5.37. The highest BCUT2D eigenvalue weighted by molar-refractivity contribution is 9.10. The van der Waals surface area contributed by atoms with Crippen LogP contribution in [0.5, 0.6) is 0 Å². The number of aryl methyl sites for hydroxylation is 3. The van der Waals surface area contributed by atoms with E-state index in [1.165, 1.54) is 5.56 Å². The van der Waals surface area contributed by atoms with Gasteiger partial charge in [0.2, 0.25) is 0 Å². The van der Waals surface area contributed by atoms with Crippen LogP contribution in [0, 0.1) is 20.8 Å². The standard InChI is InChI=1S/C17H14BrClN2/c1-9-4-5-13(10(2)6-9)17-20-15-11(3)7-12(18)8-14(15)16(19)21-17/h4-8H,1-3H3. The van der Waals surface area contributed by atoms with Gasteiger partial charge >= 0.3 is 0 Å². The Bertz CT molecular complexity index is 859. The van der Waals surface area contributed by atoms with Gasteiger partial charge < -0.3 is 0 Å². The van der Waals surface area contributed by atoms with E-state index in [2.05, 4.69) is 53.0 Å². The molecule has 0 amide bonds. The molecule has 0 bridgehead atoms. The lowest BCUT2D eigenvalue weighted by atomic mass is 10.0. The number of halogens is 2. The third-order valence-corrected chi connectivity index (χ3v) is 4.28. The van der Waals surface area contributed by atoms with Gasteiger partial charge in [-0.1, -0.05) is 51.3 Å². The molecule has 0 saturated heterocycles. The first-order valence-corrected chi connectivity index (χ1v) is 7.84. The summed E-state index contributed by atoms with van der Waals surface area (Å²) in [6, 6.07) is 10.2. The molecule has 0 saturated carbocycles. The van der Waals surface area contributed by atoms with Gasteiger partial charge in [0, 0.05) is 15.4 Å². The number of fused-ring (bicyclic) bond motifs is 1. The summed E-state index contributed by atoms with van der Waals surface area (Å²) >= 11 is 9.85. The lowest BCUT2D eigenvalue weighted by Crippen LogP contribution is -1.96. The van der Waals surface area contributed by atoms with E-state index < -0.39 is 0 Å². The molecule has 3 rings (SSSR count). The van der Waals surface area contributed by atoms with E-state index in [1.54, 1.807) is 0 Å². The van der Waals surface area contributed by atoms with Crippen molar-refractivity contribution in [1.82, 2.24) is 9.97 Å². The Morgan fingerprint density at radius 3 is 2.43 bits per heavy atom. The van der Waals surface area contributed by atoms with E-state index >= 15 is 0 Å². The lowest BCUT2D eigenvalue weighted by molar-refractivity contribution is 1.20. The number of hydrogen-bond acceptors (Lipinski definition) is 2. The Hall–Kier alpha value is -1.45. The molecule has 21 heavy (non-hydrogen) atoms. The van der Waals surface area contributed by atoms with Crippen molar-refractivity contribution in [1.29, 1.82) is 0 Å². The second-order valence-corrected chi connectivity index (χ2v) is 6.55. The molecule has 0 fully saturated rings. The average molecular weight is 362 g/mol. The molecule has 2 nitrogen and oxygen atoms in total. The molecule has 106 valence electrons. The largest absolute Gasteiger partial charge is 0.228 e. The smallest absolute Gasteiger partial charge is 0.161 e. The minimum atomic E-state index is 0.486. The van der Waals surface area contributed by atoms with Gasteiger partial charge in [0.1, 0.15) is 5.15 Å². The molecule has 0 unspecified atom stereocenters. The van der Waals surface area contributed by atoms with Gasteiger partial charge in [-0.2, -0.15) is 0 Å². The summed E-state index contributed by atoms with van der Waals surface area (Å²) in [6.07, 6.45) is 0. The molecule has 4 heteroatoms. The maximum atomic E-state index is 6.37. The molecule has 0 aliphatic carbocycles. The summed E-state index contributed by atoms with van der Waals surface area (Å²) in [5, 5.41) is 1.36. The molecule has 0 atom stereocenters. The van der Waals surface area contributed by atoms with Crippen molar-refractivity contribution in [2.75, 3.05) is 0 Å². The molecule has 1 heterocycles. The molecule has 3 aromatic rings. The Balaban J connectivity index is 2.30. The van der Waals surface area contributed by atoms with Crippen LogP contribution in [-0.2, 0) is 0 Å². The number of nitrogens with zero attached hydrogens (tertiary/aromatic N) is 2. The van der Waals surface area contributed by atoms with E-state index in [9.17, 15) is 0 Å².